The molecule has 0 aliphatic carbocycles. The standard InChI is InChI=1S/C12H15N5O2/c13-15-12(18)9-5-10(19-8-9)6-16-3-4-17-2-1-14-11(17)7-16/h1-2,5,8H,3-4,6-7,13H2,(H,15,18). The van der Waals surface area contributed by atoms with Gasteiger partial charge in [-0.05, 0) is 6.07 Å². The Kier molecular flexibility index (Phi) is 3.06. The van der Waals surface area contributed by atoms with Gasteiger partial charge in [-0.25, -0.2) is 10.8 Å². The van der Waals surface area contributed by atoms with Gasteiger partial charge in [0.15, 0.2) is 0 Å². The molecular weight excluding hydrogens is 246 g/mol. The lowest BCUT2D eigenvalue weighted by Gasteiger charge is -2.26. The fraction of sp³-hybridized carbons (Fsp3) is 0.333. The molecule has 0 atom stereocenters. The minimum atomic E-state index is -0.343. The van der Waals surface area contributed by atoms with Crippen LogP contribution in [0.1, 0.15) is 21.9 Å². The van der Waals surface area contributed by atoms with Gasteiger partial charge in [0.2, 0.25) is 0 Å². The Morgan fingerprint density at radius 1 is 1.53 bits per heavy atom. The quantitative estimate of drug-likeness (QED) is 0.464. The number of hydrazine groups is 1. The van der Waals surface area contributed by atoms with E-state index >= 15 is 0 Å². The van der Waals surface area contributed by atoms with E-state index in [1.807, 2.05) is 12.4 Å². The molecule has 0 radical (unpaired) electrons. The van der Waals surface area contributed by atoms with Crippen molar-refractivity contribution in [2.45, 2.75) is 19.6 Å². The molecule has 3 rings (SSSR count). The van der Waals surface area contributed by atoms with E-state index in [2.05, 4.69) is 19.9 Å². The fourth-order valence-corrected chi connectivity index (χ4v) is 2.24. The highest BCUT2D eigenvalue weighted by Gasteiger charge is 2.18. The lowest BCUT2D eigenvalue weighted by atomic mass is 10.2. The molecule has 7 nitrogen and oxygen atoms in total. The number of nitrogens with one attached hydrogen (secondary N) is 1. The largest absolute Gasteiger partial charge is 0.467 e. The number of hydrogen-bond acceptors (Lipinski definition) is 5. The zero-order valence-corrected chi connectivity index (χ0v) is 10.4. The molecule has 0 aromatic carbocycles. The van der Waals surface area contributed by atoms with Gasteiger partial charge in [0.25, 0.3) is 5.91 Å². The van der Waals surface area contributed by atoms with Crippen molar-refractivity contribution >= 4 is 5.91 Å². The molecule has 0 bridgehead atoms. The number of aromatic nitrogens is 2. The van der Waals surface area contributed by atoms with Crippen molar-refractivity contribution in [2.75, 3.05) is 6.54 Å². The van der Waals surface area contributed by atoms with Crippen molar-refractivity contribution < 1.29 is 9.21 Å². The van der Waals surface area contributed by atoms with Crippen LogP contribution in [0.5, 0.6) is 0 Å². The van der Waals surface area contributed by atoms with Gasteiger partial charge in [-0.1, -0.05) is 0 Å². The molecule has 0 saturated carbocycles. The zero-order valence-electron chi connectivity index (χ0n) is 10.4. The van der Waals surface area contributed by atoms with E-state index in [4.69, 9.17) is 10.3 Å². The van der Waals surface area contributed by atoms with Gasteiger partial charge in [-0.2, -0.15) is 0 Å². The lowest BCUT2D eigenvalue weighted by Crippen LogP contribution is -2.33. The first kappa shape index (κ1) is 11.9. The van der Waals surface area contributed by atoms with E-state index < -0.39 is 0 Å². The SMILES string of the molecule is NNC(=O)c1coc(CN2CCn3ccnc3C2)c1. The van der Waals surface area contributed by atoms with E-state index in [1.54, 1.807) is 6.07 Å². The number of hydrogen-bond donors (Lipinski definition) is 2. The highest BCUT2D eigenvalue weighted by atomic mass is 16.3. The van der Waals surface area contributed by atoms with Crippen LogP contribution in [0.25, 0.3) is 0 Å². The molecule has 1 aliphatic rings. The van der Waals surface area contributed by atoms with Crippen LogP contribution in [-0.4, -0.2) is 26.9 Å². The van der Waals surface area contributed by atoms with E-state index in [9.17, 15) is 4.79 Å². The predicted octanol–water partition coefficient (Wildman–Crippen LogP) is 0.0954. The molecule has 0 spiro atoms. The van der Waals surface area contributed by atoms with Gasteiger partial charge < -0.3 is 8.98 Å². The van der Waals surface area contributed by atoms with Gasteiger partial charge in [0, 0.05) is 25.5 Å². The van der Waals surface area contributed by atoms with Crippen LogP contribution in [0, 0.1) is 0 Å². The Hall–Kier alpha value is -2.12. The monoisotopic (exact) mass is 261 g/mol. The molecule has 1 amide bonds. The highest BCUT2D eigenvalue weighted by molar-refractivity contribution is 5.93. The van der Waals surface area contributed by atoms with E-state index in [0.717, 1.165) is 31.2 Å². The number of amides is 1. The summed E-state index contributed by atoms with van der Waals surface area (Å²) in [5.41, 5.74) is 2.52. The van der Waals surface area contributed by atoms with Crippen LogP contribution in [0.4, 0.5) is 0 Å². The Morgan fingerprint density at radius 2 is 2.42 bits per heavy atom. The van der Waals surface area contributed by atoms with Crippen LogP contribution >= 0.6 is 0 Å². The Balaban J connectivity index is 1.66. The van der Waals surface area contributed by atoms with Crippen molar-refractivity contribution in [1.29, 1.82) is 0 Å². The number of imidazole rings is 1. The van der Waals surface area contributed by atoms with Gasteiger partial charge >= 0.3 is 0 Å². The first-order valence-corrected chi connectivity index (χ1v) is 6.07. The normalized spacial score (nSPS) is 15.2. The summed E-state index contributed by atoms with van der Waals surface area (Å²) in [5.74, 6) is 6.54. The minimum Gasteiger partial charge on any atom is -0.467 e. The van der Waals surface area contributed by atoms with Crippen molar-refractivity contribution in [3.8, 4) is 0 Å². The maximum Gasteiger partial charge on any atom is 0.268 e. The molecule has 2 aromatic heterocycles. The second kappa shape index (κ2) is 4.87. The summed E-state index contributed by atoms with van der Waals surface area (Å²) < 4.78 is 7.52. The van der Waals surface area contributed by atoms with Crippen LogP contribution in [0.2, 0.25) is 0 Å². The first-order valence-electron chi connectivity index (χ1n) is 6.07. The van der Waals surface area contributed by atoms with Crippen molar-refractivity contribution in [2.24, 2.45) is 5.84 Å². The Morgan fingerprint density at radius 3 is 3.26 bits per heavy atom. The highest BCUT2D eigenvalue weighted by Crippen LogP contribution is 2.15. The summed E-state index contributed by atoms with van der Waals surface area (Å²) in [7, 11) is 0. The second-order valence-corrected chi connectivity index (χ2v) is 4.52. The fourth-order valence-electron chi connectivity index (χ4n) is 2.24. The smallest absolute Gasteiger partial charge is 0.268 e. The van der Waals surface area contributed by atoms with Crippen LogP contribution in [-0.2, 0) is 19.6 Å². The van der Waals surface area contributed by atoms with E-state index in [0.29, 0.717) is 12.1 Å². The average Bonchev–Trinajstić information content (AvgIpc) is 3.06. The van der Waals surface area contributed by atoms with Crippen molar-refractivity contribution in [3.63, 3.8) is 0 Å². The second-order valence-electron chi connectivity index (χ2n) is 4.52. The summed E-state index contributed by atoms with van der Waals surface area (Å²) in [4.78, 5) is 17.9. The molecule has 0 saturated heterocycles. The Bertz CT molecular complexity index is 588. The van der Waals surface area contributed by atoms with Crippen molar-refractivity contribution in [1.82, 2.24) is 19.9 Å². The first-order chi connectivity index (χ1) is 9.26. The number of rotatable bonds is 3. The van der Waals surface area contributed by atoms with Gasteiger partial charge in [0.05, 0.1) is 18.7 Å². The van der Waals surface area contributed by atoms with E-state index in [1.165, 1.54) is 6.26 Å². The topological polar surface area (TPSA) is 89.3 Å². The Labute approximate surface area is 110 Å². The number of nitrogens with zero attached hydrogens (tertiary/aromatic N) is 3. The summed E-state index contributed by atoms with van der Waals surface area (Å²) in [6.07, 6.45) is 5.22. The molecule has 1 aliphatic heterocycles. The third-order valence-electron chi connectivity index (χ3n) is 3.25. The third kappa shape index (κ3) is 2.38. The molecule has 0 unspecified atom stereocenters. The molecule has 3 heterocycles. The van der Waals surface area contributed by atoms with Crippen LogP contribution < -0.4 is 11.3 Å². The molecule has 100 valence electrons. The van der Waals surface area contributed by atoms with Gasteiger partial charge in [-0.3, -0.25) is 15.1 Å². The number of furan rings is 1. The van der Waals surface area contributed by atoms with Crippen LogP contribution in [0.3, 0.4) is 0 Å². The van der Waals surface area contributed by atoms with Crippen molar-refractivity contribution in [3.05, 3.63) is 41.9 Å². The number of nitrogen functional groups attached to an aromatic ring is 1. The zero-order chi connectivity index (χ0) is 13.2. The third-order valence-corrected chi connectivity index (χ3v) is 3.25. The van der Waals surface area contributed by atoms with Gasteiger partial charge in [-0.15, -0.1) is 0 Å². The number of nitrogens with two attached hydrogens (primary N) is 1. The number of fused-ring (bicyclic) bond motifs is 1. The molecule has 19 heavy (non-hydrogen) atoms. The molecular formula is C12H15N5O2. The minimum absolute atomic E-state index is 0.343. The summed E-state index contributed by atoms with van der Waals surface area (Å²) in [6.45, 7) is 3.30. The molecule has 0 fully saturated rings. The predicted molar refractivity (Wildman–Crippen MR) is 66.7 cm³/mol. The summed E-state index contributed by atoms with van der Waals surface area (Å²) >= 11 is 0. The summed E-state index contributed by atoms with van der Waals surface area (Å²) in [6, 6.07) is 1.71. The van der Waals surface area contributed by atoms with Gasteiger partial charge in [0.1, 0.15) is 17.8 Å². The van der Waals surface area contributed by atoms with Crippen LogP contribution in [0.15, 0.2) is 29.1 Å². The molecule has 3 N–H and O–H groups in total. The molecule has 7 heteroatoms. The molecule has 2 aromatic rings. The maximum atomic E-state index is 11.3. The number of carbonyl (C=O) groups excluding carboxylic acids is 1. The van der Waals surface area contributed by atoms with E-state index in [-0.39, 0.29) is 5.91 Å². The maximum absolute atomic E-state index is 11.3. The number of carbonyl (C=O) groups is 1. The average molecular weight is 261 g/mol. The lowest BCUT2D eigenvalue weighted by molar-refractivity contribution is 0.0953. The summed E-state index contributed by atoms with van der Waals surface area (Å²) in [5, 5.41) is 0.